The van der Waals surface area contributed by atoms with Crippen LogP contribution in [-0.4, -0.2) is 62.6 Å². The Balaban J connectivity index is 1.03. The van der Waals surface area contributed by atoms with E-state index >= 15 is 0 Å². The third-order valence-corrected chi connectivity index (χ3v) is 10.4. The van der Waals surface area contributed by atoms with Gasteiger partial charge in [0, 0.05) is 29.7 Å². The van der Waals surface area contributed by atoms with Crippen LogP contribution in [0.3, 0.4) is 0 Å². The van der Waals surface area contributed by atoms with Crippen molar-refractivity contribution in [3.05, 3.63) is 145 Å². The van der Waals surface area contributed by atoms with E-state index in [1.807, 2.05) is 38.1 Å². The summed E-state index contributed by atoms with van der Waals surface area (Å²) in [6, 6.07) is 24.0. The Morgan fingerprint density at radius 3 is 1.13 bits per heavy atom. The van der Waals surface area contributed by atoms with E-state index < -0.39 is 41.6 Å². The summed E-state index contributed by atoms with van der Waals surface area (Å²) in [6.45, 7) is 11.8. The van der Waals surface area contributed by atoms with E-state index in [-0.39, 0.29) is 24.7 Å². The number of fused-ring (bicyclic) bond motifs is 3. The summed E-state index contributed by atoms with van der Waals surface area (Å²) in [6.07, 6.45) is 12.4. The van der Waals surface area contributed by atoms with E-state index in [1.165, 1.54) is 12.2 Å². The molecule has 0 radical (unpaired) electrons. The Hall–Kier alpha value is -7.74. The van der Waals surface area contributed by atoms with E-state index in [2.05, 4.69) is 13.2 Å². The monoisotopic (exact) mass is 914 g/mol. The van der Waals surface area contributed by atoms with Crippen molar-refractivity contribution in [2.45, 2.75) is 70.6 Å². The lowest BCUT2D eigenvalue weighted by Crippen LogP contribution is -2.16. The number of hydrogen-bond donors (Lipinski definition) is 0. The van der Waals surface area contributed by atoms with Gasteiger partial charge in [0.25, 0.3) is 0 Å². The van der Waals surface area contributed by atoms with Crippen molar-refractivity contribution in [1.82, 2.24) is 0 Å². The summed E-state index contributed by atoms with van der Waals surface area (Å²) in [5.74, 6) is -0.744. The number of carbonyl (C=O) groups is 6. The van der Waals surface area contributed by atoms with E-state index in [9.17, 15) is 28.8 Å². The van der Waals surface area contributed by atoms with Crippen molar-refractivity contribution < 1.29 is 66.7 Å². The van der Waals surface area contributed by atoms with Crippen LogP contribution in [0.1, 0.15) is 87.5 Å². The molecule has 0 N–H and O–H groups in total. The molecule has 0 bridgehead atoms. The first-order chi connectivity index (χ1) is 32.3. The van der Waals surface area contributed by atoms with E-state index in [0.717, 1.165) is 60.1 Å². The highest BCUT2D eigenvalue weighted by Crippen LogP contribution is 2.50. The van der Waals surface area contributed by atoms with Crippen molar-refractivity contribution in [3.63, 3.8) is 0 Å². The van der Waals surface area contributed by atoms with Crippen LogP contribution in [0.15, 0.2) is 122 Å². The number of carbonyl (C=O) groups excluding carboxylic acids is 6. The van der Waals surface area contributed by atoms with Gasteiger partial charge in [0.1, 0.15) is 23.0 Å². The molecule has 0 saturated heterocycles. The van der Waals surface area contributed by atoms with Gasteiger partial charge in [0.2, 0.25) is 0 Å². The number of esters is 4. The lowest BCUT2D eigenvalue weighted by Gasteiger charge is -2.22. The molecule has 4 aromatic carbocycles. The number of hydrogen-bond acceptors (Lipinski definition) is 14. The van der Waals surface area contributed by atoms with Crippen LogP contribution in [0.4, 0.5) is 9.59 Å². The van der Waals surface area contributed by atoms with Gasteiger partial charge in [0.15, 0.2) is 0 Å². The molecular formula is C53H54O14. The standard InChI is InChI=1S/C53H54O14/c1-5-47(54)60-31-11-7-9-13-33-62-51(58)66-39-21-15-37(16-22-39)19-29-49(56)64-41-25-27-43-44-28-26-42(36-46(44)53(3,4)45(43)35-41)65-50(57)30-20-38-17-23-40(24-18-38)67-52(59)63-34-14-10-8-12-32-61-48(55)6-2/h5-6,15-30,35-36H,1-2,7-14,31-34H2,3-4H3. The topological polar surface area (TPSA) is 176 Å². The Bertz CT molecular complexity index is 2270. The Morgan fingerprint density at radius 2 is 0.776 bits per heavy atom. The summed E-state index contributed by atoms with van der Waals surface area (Å²) in [7, 11) is 0. The van der Waals surface area contributed by atoms with Gasteiger partial charge in [0.05, 0.1) is 26.4 Å². The molecule has 0 heterocycles. The smallest absolute Gasteiger partial charge is 0.463 e. The average molecular weight is 915 g/mol. The second kappa shape index (κ2) is 25.7. The maximum Gasteiger partial charge on any atom is 0.513 e. The molecule has 0 amide bonds. The molecule has 0 saturated carbocycles. The quantitative estimate of drug-likeness (QED) is 0.0162. The molecule has 0 unspecified atom stereocenters. The Labute approximate surface area is 389 Å². The van der Waals surface area contributed by atoms with Gasteiger partial charge in [-0.2, -0.15) is 0 Å². The number of unbranched alkanes of at least 4 members (excludes halogenated alkanes) is 6. The van der Waals surface area contributed by atoms with Gasteiger partial charge < -0.3 is 37.9 Å². The SMILES string of the molecule is C=CC(=O)OCCCCCCOC(=O)Oc1ccc(C=CC(=O)Oc2ccc3c(c2)C(C)(C)c2cc(OC(=O)C=Cc4ccc(OC(=O)OCCCCCCOC(=O)C=C)cc4)ccc2-3)cc1. The fourth-order valence-electron chi connectivity index (χ4n) is 6.89. The minimum Gasteiger partial charge on any atom is -0.463 e. The summed E-state index contributed by atoms with van der Waals surface area (Å²) >= 11 is 0. The lowest BCUT2D eigenvalue weighted by molar-refractivity contribution is -0.138. The zero-order valence-corrected chi connectivity index (χ0v) is 37.7. The molecule has 0 atom stereocenters. The molecule has 5 rings (SSSR count). The average Bonchev–Trinajstić information content (AvgIpc) is 3.54. The van der Waals surface area contributed by atoms with Gasteiger partial charge in [-0.15, -0.1) is 0 Å². The largest absolute Gasteiger partial charge is 0.513 e. The molecule has 1 aliphatic rings. The van der Waals surface area contributed by atoms with Crippen LogP contribution < -0.4 is 18.9 Å². The molecule has 14 heteroatoms. The minimum atomic E-state index is -0.819. The molecule has 0 fully saturated rings. The van der Waals surface area contributed by atoms with Gasteiger partial charge in [-0.25, -0.2) is 28.8 Å². The van der Waals surface area contributed by atoms with E-state index in [1.54, 1.807) is 72.8 Å². The zero-order chi connectivity index (χ0) is 48.0. The second-order valence-electron chi connectivity index (χ2n) is 15.7. The summed E-state index contributed by atoms with van der Waals surface area (Å²) in [5, 5.41) is 0. The highest BCUT2D eigenvalue weighted by Gasteiger charge is 2.36. The van der Waals surface area contributed by atoms with Gasteiger partial charge >= 0.3 is 36.2 Å². The lowest BCUT2D eigenvalue weighted by atomic mass is 9.82. The van der Waals surface area contributed by atoms with Crippen molar-refractivity contribution in [2.24, 2.45) is 0 Å². The van der Waals surface area contributed by atoms with Crippen LogP contribution in [-0.2, 0) is 43.5 Å². The molecule has 0 aromatic heterocycles. The van der Waals surface area contributed by atoms with Crippen LogP contribution in [0.2, 0.25) is 0 Å². The van der Waals surface area contributed by atoms with Crippen LogP contribution in [0, 0.1) is 0 Å². The molecule has 0 aliphatic heterocycles. The van der Waals surface area contributed by atoms with E-state index in [0.29, 0.717) is 61.5 Å². The Morgan fingerprint density at radius 1 is 0.433 bits per heavy atom. The fourth-order valence-corrected chi connectivity index (χ4v) is 6.89. The molecular weight excluding hydrogens is 861 g/mol. The summed E-state index contributed by atoms with van der Waals surface area (Å²) in [5.41, 5.74) is 4.67. The van der Waals surface area contributed by atoms with Crippen LogP contribution in [0.5, 0.6) is 23.0 Å². The number of rotatable bonds is 24. The third kappa shape index (κ3) is 16.3. The summed E-state index contributed by atoms with van der Waals surface area (Å²) < 4.78 is 41.9. The number of ether oxygens (including phenoxy) is 8. The van der Waals surface area contributed by atoms with Crippen molar-refractivity contribution in [2.75, 3.05) is 26.4 Å². The molecule has 4 aromatic rings. The highest BCUT2D eigenvalue weighted by atomic mass is 16.7. The van der Waals surface area contributed by atoms with Crippen molar-refractivity contribution in [3.8, 4) is 34.1 Å². The van der Waals surface area contributed by atoms with Crippen molar-refractivity contribution in [1.29, 1.82) is 0 Å². The van der Waals surface area contributed by atoms with Crippen LogP contribution in [0.25, 0.3) is 23.3 Å². The normalized spacial score (nSPS) is 12.0. The molecule has 1 aliphatic carbocycles. The second-order valence-corrected chi connectivity index (χ2v) is 15.7. The number of benzene rings is 4. The molecule has 350 valence electrons. The van der Waals surface area contributed by atoms with Crippen LogP contribution >= 0.6 is 0 Å². The third-order valence-electron chi connectivity index (χ3n) is 10.4. The predicted molar refractivity (Wildman–Crippen MR) is 249 cm³/mol. The van der Waals surface area contributed by atoms with Gasteiger partial charge in [-0.05, 0) is 145 Å². The minimum absolute atomic E-state index is 0.200. The van der Waals surface area contributed by atoms with Gasteiger partial charge in [-0.3, -0.25) is 0 Å². The maximum absolute atomic E-state index is 12.8. The van der Waals surface area contributed by atoms with E-state index in [4.69, 9.17) is 37.9 Å². The van der Waals surface area contributed by atoms with Crippen molar-refractivity contribution >= 4 is 48.3 Å². The molecule has 67 heavy (non-hydrogen) atoms. The maximum atomic E-state index is 12.8. The zero-order valence-electron chi connectivity index (χ0n) is 37.7. The Kier molecular flexibility index (Phi) is 19.3. The first-order valence-corrected chi connectivity index (χ1v) is 21.9. The predicted octanol–water partition coefficient (Wildman–Crippen LogP) is 10.8. The molecule has 14 nitrogen and oxygen atoms in total. The first-order valence-electron chi connectivity index (χ1n) is 21.9. The van der Waals surface area contributed by atoms with Gasteiger partial charge in [-0.1, -0.05) is 63.4 Å². The molecule has 0 spiro atoms. The highest BCUT2D eigenvalue weighted by molar-refractivity contribution is 5.90. The summed E-state index contributed by atoms with van der Waals surface area (Å²) in [4.78, 5) is 71.9. The first kappa shape index (κ1) is 50.3. The fraction of sp³-hybridized carbons (Fsp3) is 0.283.